The fourth-order valence-electron chi connectivity index (χ4n) is 3.64. The number of nitrogens with one attached hydrogen (secondary N) is 1. The molecule has 0 aromatic carbocycles. The fraction of sp³-hybridized carbons (Fsp3) is 0.421. The topological polar surface area (TPSA) is 75.5 Å². The van der Waals surface area contributed by atoms with E-state index in [1.807, 2.05) is 6.92 Å². The Morgan fingerprint density at radius 2 is 2.07 bits per heavy atom. The summed E-state index contributed by atoms with van der Waals surface area (Å²) in [6.07, 6.45) is 1.01. The van der Waals surface area contributed by atoms with E-state index in [0.29, 0.717) is 38.1 Å². The van der Waals surface area contributed by atoms with Gasteiger partial charge in [-0.15, -0.1) is 0 Å². The summed E-state index contributed by atoms with van der Waals surface area (Å²) in [5.41, 5.74) is -0.872. The summed E-state index contributed by atoms with van der Waals surface area (Å²) in [7, 11) is 0. The number of carbonyl (C=O) groups excluding carboxylic acids is 1. The van der Waals surface area contributed by atoms with E-state index in [0.717, 1.165) is 10.5 Å². The zero-order valence-corrected chi connectivity index (χ0v) is 16.8. The Morgan fingerprint density at radius 3 is 2.67 bits per heavy atom. The van der Waals surface area contributed by atoms with Crippen LogP contribution in [0.15, 0.2) is 24.7 Å². The molecule has 3 aromatic heterocycles. The predicted octanol–water partition coefficient (Wildman–Crippen LogP) is 4.04. The van der Waals surface area contributed by atoms with Crippen LogP contribution < -0.4 is 0 Å². The Kier molecular flexibility index (Phi) is 5.46. The van der Waals surface area contributed by atoms with Gasteiger partial charge in [-0.3, -0.25) is 14.3 Å². The minimum Gasteiger partial charge on any atom is -0.378 e. The number of imidazole rings is 1. The number of pyridine rings is 1. The molecular formula is C19H19ClF3N5O2. The number of aromatic nitrogens is 4. The van der Waals surface area contributed by atoms with E-state index in [2.05, 4.69) is 15.2 Å². The Bertz CT molecular complexity index is 1060. The zero-order chi connectivity index (χ0) is 21.5. The lowest BCUT2D eigenvalue weighted by molar-refractivity contribution is -0.136. The predicted molar refractivity (Wildman–Crippen MR) is 103 cm³/mol. The third-order valence-corrected chi connectivity index (χ3v) is 5.49. The van der Waals surface area contributed by atoms with Crippen LogP contribution in [0.4, 0.5) is 13.2 Å². The summed E-state index contributed by atoms with van der Waals surface area (Å²) in [6.45, 7) is 3.36. The van der Waals surface area contributed by atoms with Gasteiger partial charge in [0.2, 0.25) is 0 Å². The van der Waals surface area contributed by atoms with E-state index in [-0.39, 0.29) is 22.5 Å². The van der Waals surface area contributed by atoms with Crippen molar-refractivity contribution in [1.29, 1.82) is 0 Å². The molecule has 0 radical (unpaired) electrons. The number of H-pyrrole nitrogens is 1. The third kappa shape index (κ3) is 3.77. The van der Waals surface area contributed by atoms with Crippen molar-refractivity contribution in [2.45, 2.75) is 32.0 Å². The monoisotopic (exact) mass is 441 g/mol. The molecule has 11 heteroatoms. The molecule has 1 saturated heterocycles. The van der Waals surface area contributed by atoms with Crippen LogP contribution in [0.2, 0.25) is 5.15 Å². The highest BCUT2D eigenvalue weighted by Gasteiger charge is 2.37. The van der Waals surface area contributed by atoms with Crippen molar-refractivity contribution in [1.82, 2.24) is 24.5 Å². The highest BCUT2D eigenvalue weighted by Crippen LogP contribution is 2.37. The number of ether oxygens (including phenoxy) is 1. The SMILES string of the molecule is CCOC1CCN(C(=O)c2nc3c(C(F)(F)F)cc(-c4cn[nH]c4)cn3c2Cl)CC1. The molecule has 0 saturated carbocycles. The largest absolute Gasteiger partial charge is 0.420 e. The average Bonchev–Trinajstić information content (AvgIpc) is 3.36. The molecule has 4 rings (SSSR count). The average molecular weight is 442 g/mol. The van der Waals surface area contributed by atoms with E-state index in [4.69, 9.17) is 16.3 Å². The highest BCUT2D eigenvalue weighted by molar-refractivity contribution is 6.33. The van der Waals surface area contributed by atoms with Crippen molar-refractivity contribution in [3.05, 3.63) is 41.1 Å². The van der Waals surface area contributed by atoms with Crippen molar-refractivity contribution in [2.24, 2.45) is 0 Å². The van der Waals surface area contributed by atoms with Crippen LogP contribution in [0.5, 0.6) is 0 Å². The molecule has 0 bridgehead atoms. The lowest BCUT2D eigenvalue weighted by Crippen LogP contribution is -2.41. The van der Waals surface area contributed by atoms with E-state index in [9.17, 15) is 18.0 Å². The number of likely N-dealkylation sites (tertiary alicyclic amines) is 1. The Morgan fingerprint density at radius 1 is 1.33 bits per heavy atom. The summed E-state index contributed by atoms with van der Waals surface area (Å²) in [5, 5.41) is 6.18. The molecule has 1 fully saturated rings. The molecule has 7 nitrogen and oxygen atoms in total. The van der Waals surface area contributed by atoms with Gasteiger partial charge in [0.15, 0.2) is 11.3 Å². The van der Waals surface area contributed by atoms with Gasteiger partial charge in [-0.2, -0.15) is 18.3 Å². The molecule has 4 heterocycles. The van der Waals surface area contributed by atoms with Crippen molar-refractivity contribution in [3.63, 3.8) is 0 Å². The van der Waals surface area contributed by atoms with Crippen molar-refractivity contribution >= 4 is 23.2 Å². The summed E-state index contributed by atoms with van der Waals surface area (Å²) in [4.78, 5) is 18.5. The van der Waals surface area contributed by atoms with Crippen LogP contribution in [0.1, 0.15) is 35.8 Å². The maximum Gasteiger partial charge on any atom is 0.420 e. The van der Waals surface area contributed by atoms with Gasteiger partial charge in [0, 0.05) is 43.2 Å². The number of halogens is 4. The van der Waals surface area contributed by atoms with Gasteiger partial charge in [-0.05, 0) is 25.8 Å². The first-order valence-electron chi connectivity index (χ1n) is 9.48. The molecule has 0 unspecified atom stereocenters. The summed E-state index contributed by atoms with van der Waals surface area (Å²) in [5.74, 6) is -0.489. The lowest BCUT2D eigenvalue weighted by atomic mass is 10.1. The number of aromatic amines is 1. The van der Waals surface area contributed by atoms with Crippen LogP contribution >= 0.6 is 11.6 Å². The number of rotatable bonds is 4. The number of fused-ring (bicyclic) bond motifs is 1. The maximum absolute atomic E-state index is 13.7. The standard InChI is InChI=1S/C19H19ClF3N5O2/c1-2-30-13-3-5-27(6-4-13)18(29)15-16(20)28-10-11(12-8-24-25-9-12)7-14(17(28)26-15)19(21,22)23/h7-10,13H,2-6H2,1H3,(H,24,25). The molecule has 1 amide bonds. The Labute approximate surface area is 174 Å². The van der Waals surface area contributed by atoms with Gasteiger partial charge in [0.25, 0.3) is 5.91 Å². The summed E-state index contributed by atoms with van der Waals surface area (Å²) >= 11 is 6.34. The number of hydrogen-bond donors (Lipinski definition) is 1. The van der Waals surface area contributed by atoms with Crippen molar-refractivity contribution in [3.8, 4) is 11.1 Å². The van der Waals surface area contributed by atoms with E-state index in [1.54, 1.807) is 4.90 Å². The van der Waals surface area contributed by atoms with Gasteiger partial charge in [-0.25, -0.2) is 4.98 Å². The molecule has 0 aliphatic carbocycles. The third-order valence-electron chi connectivity index (χ3n) is 5.13. The molecule has 1 N–H and O–H groups in total. The van der Waals surface area contributed by atoms with E-state index < -0.39 is 23.3 Å². The minimum absolute atomic E-state index is 0.0740. The van der Waals surface area contributed by atoms with Crippen LogP contribution in [0.3, 0.4) is 0 Å². The minimum atomic E-state index is -4.67. The fourth-order valence-corrected chi connectivity index (χ4v) is 3.89. The molecule has 160 valence electrons. The number of carbonyl (C=O) groups is 1. The molecule has 0 spiro atoms. The maximum atomic E-state index is 13.7. The highest BCUT2D eigenvalue weighted by atomic mass is 35.5. The Hall–Kier alpha value is -2.59. The van der Waals surface area contributed by atoms with Gasteiger partial charge in [0.05, 0.1) is 17.9 Å². The second-order valence-electron chi connectivity index (χ2n) is 7.02. The number of nitrogens with zero attached hydrogens (tertiary/aromatic N) is 4. The van der Waals surface area contributed by atoms with E-state index in [1.165, 1.54) is 18.6 Å². The van der Waals surface area contributed by atoms with E-state index >= 15 is 0 Å². The second kappa shape index (κ2) is 7.92. The first-order valence-corrected chi connectivity index (χ1v) is 9.86. The van der Waals surface area contributed by atoms with Gasteiger partial charge >= 0.3 is 6.18 Å². The van der Waals surface area contributed by atoms with Crippen molar-refractivity contribution in [2.75, 3.05) is 19.7 Å². The summed E-state index contributed by atoms with van der Waals surface area (Å²) in [6, 6.07) is 0.978. The molecule has 30 heavy (non-hydrogen) atoms. The van der Waals surface area contributed by atoms with Crippen LogP contribution in [0, 0.1) is 0 Å². The summed E-state index contributed by atoms with van der Waals surface area (Å²) < 4.78 is 47.8. The molecular weight excluding hydrogens is 423 g/mol. The number of hydrogen-bond acceptors (Lipinski definition) is 4. The first kappa shape index (κ1) is 20.7. The van der Waals surface area contributed by atoms with Crippen molar-refractivity contribution < 1.29 is 22.7 Å². The number of piperidine rings is 1. The van der Waals surface area contributed by atoms with Gasteiger partial charge in [-0.1, -0.05) is 11.6 Å². The molecule has 3 aromatic rings. The normalized spacial score (nSPS) is 15.8. The molecule has 0 atom stereocenters. The number of amides is 1. The second-order valence-corrected chi connectivity index (χ2v) is 7.38. The van der Waals surface area contributed by atoms with Crippen LogP contribution in [0.25, 0.3) is 16.8 Å². The zero-order valence-electron chi connectivity index (χ0n) is 16.0. The van der Waals surface area contributed by atoms with Gasteiger partial charge < -0.3 is 9.64 Å². The van der Waals surface area contributed by atoms with Crippen LogP contribution in [-0.4, -0.2) is 56.2 Å². The van der Waals surface area contributed by atoms with Gasteiger partial charge in [0.1, 0.15) is 5.15 Å². The first-order chi connectivity index (χ1) is 14.3. The quantitative estimate of drug-likeness (QED) is 0.663. The number of alkyl halides is 3. The molecule has 1 aliphatic rings. The Balaban J connectivity index is 1.74. The molecule has 1 aliphatic heterocycles. The smallest absolute Gasteiger partial charge is 0.378 e. The van der Waals surface area contributed by atoms with Crippen LogP contribution in [-0.2, 0) is 10.9 Å². The lowest BCUT2D eigenvalue weighted by Gasteiger charge is -2.31.